The third-order valence-corrected chi connectivity index (χ3v) is 5.69. The Morgan fingerprint density at radius 2 is 1.89 bits per heavy atom. The van der Waals surface area contributed by atoms with E-state index in [1.165, 1.54) is 16.0 Å². The monoisotopic (exact) mass is 303 g/mol. The van der Waals surface area contributed by atoms with Gasteiger partial charge in [-0.3, -0.25) is 4.90 Å². The van der Waals surface area contributed by atoms with Crippen molar-refractivity contribution < 1.29 is 8.42 Å². The molecular weight excluding hydrogens is 278 g/mol. The second kappa shape index (κ2) is 5.94. The van der Waals surface area contributed by atoms with E-state index in [0.29, 0.717) is 0 Å². The summed E-state index contributed by atoms with van der Waals surface area (Å²) in [7, 11) is -0.938. The average molecular weight is 303 g/mol. The molecule has 0 radical (unpaired) electrons. The first kappa shape index (κ1) is 16.7. The Kier molecular flexibility index (Phi) is 5.21. The number of hydrogen-bond acceptors (Lipinski definition) is 4. The van der Waals surface area contributed by atoms with Crippen LogP contribution in [0.15, 0.2) is 12.1 Å². The second-order valence-electron chi connectivity index (χ2n) is 6.37. The summed E-state index contributed by atoms with van der Waals surface area (Å²) in [6.07, 6.45) is 1.29. The summed E-state index contributed by atoms with van der Waals surface area (Å²) in [4.78, 5) is 4.75. The molecule has 0 aromatic carbocycles. The molecule has 3 nitrogen and oxygen atoms in total. The minimum atomic E-state index is -2.92. The highest BCUT2D eigenvalue weighted by atomic mass is 32.2. The highest BCUT2D eigenvalue weighted by molar-refractivity contribution is 7.90. The Hall–Kier alpha value is -0.390. The lowest BCUT2D eigenvalue weighted by molar-refractivity contribution is 0.269. The van der Waals surface area contributed by atoms with Gasteiger partial charge in [0.2, 0.25) is 0 Å². The molecule has 0 saturated heterocycles. The molecule has 0 saturated carbocycles. The van der Waals surface area contributed by atoms with E-state index in [9.17, 15) is 8.42 Å². The molecule has 1 heterocycles. The first-order chi connectivity index (χ1) is 8.49. The second-order valence-corrected chi connectivity index (χ2v) is 9.73. The van der Waals surface area contributed by atoms with Crippen LogP contribution in [0.1, 0.15) is 37.4 Å². The Morgan fingerprint density at radius 1 is 1.32 bits per heavy atom. The minimum Gasteiger partial charge on any atom is -0.298 e. The van der Waals surface area contributed by atoms with Crippen molar-refractivity contribution in [3.63, 3.8) is 0 Å². The predicted molar refractivity (Wildman–Crippen MR) is 83.7 cm³/mol. The SMILES string of the molecule is C[C@H](CS(C)(=O)=O)N(C)Cc1ccc(C(C)(C)C)s1. The maximum absolute atomic E-state index is 11.3. The van der Waals surface area contributed by atoms with Crippen LogP contribution >= 0.6 is 11.3 Å². The molecule has 1 aromatic heterocycles. The van der Waals surface area contributed by atoms with Crippen molar-refractivity contribution in [2.45, 2.75) is 45.7 Å². The van der Waals surface area contributed by atoms with Gasteiger partial charge in [-0.15, -0.1) is 11.3 Å². The summed E-state index contributed by atoms with van der Waals surface area (Å²) in [6.45, 7) is 9.38. The first-order valence-electron chi connectivity index (χ1n) is 6.46. The zero-order valence-electron chi connectivity index (χ0n) is 12.7. The lowest BCUT2D eigenvalue weighted by Crippen LogP contribution is -2.34. The normalized spacial score (nSPS) is 14.9. The molecule has 0 aliphatic rings. The zero-order valence-corrected chi connectivity index (χ0v) is 14.4. The molecule has 110 valence electrons. The van der Waals surface area contributed by atoms with Gasteiger partial charge >= 0.3 is 0 Å². The Morgan fingerprint density at radius 3 is 2.32 bits per heavy atom. The van der Waals surface area contributed by atoms with E-state index < -0.39 is 9.84 Å². The first-order valence-corrected chi connectivity index (χ1v) is 9.34. The Balaban J connectivity index is 2.67. The summed E-state index contributed by atoms with van der Waals surface area (Å²) >= 11 is 1.81. The third-order valence-electron chi connectivity index (χ3n) is 3.10. The minimum absolute atomic E-state index is 0.0372. The molecule has 1 rings (SSSR count). The van der Waals surface area contributed by atoms with Gasteiger partial charge in [0.25, 0.3) is 0 Å². The predicted octanol–water partition coefficient (Wildman–Crippen LogP) is 2.91. The van der Waals surface area contributed by atoms with Crippen LogP contribution in [-0.4, -0.2) is 38.4 Å². The molecule has 0 unspecified atom stereocenters. The van der Waals surface area contributed by atoms with Crippen LogP contribution in [0.25, 0.3) is 0 Å². The van der Waals surface area contributed by atoms with Crippen LogP contribution in [0.3, 0.4) is 0 Å². The molecule has 1 atom stereocenters. The van der Waals surface area contributed by atoms with Crippen molar-refractivity contribution in [2.75, 3.05) is 19.1 Å². The maximum atomic E-state index is 11.3. The standard InChI is InChI=1S/C14H25NO2S2/c1-11(10-19(6,16)17)15(5)9-12-7-8-13(18-12)14(2,3)4/h7-8,11H,9-10H2,1-6H3/t11-/m1/s1. The van der Waals surface area contributed by atoms with E-state index in [0.717, 1.165) is 6.54 Å². The maximum Gasteiger partial charge on any atom is 0.148 e. The van der Waals surface area contributed by atoms with Crippen LogP contribution < -0.4 is 0 Å². The van der Waals surface area contributed by atoms with Gasteiger partial charge in [-0.1, -0.05) is 20.8 Å². The smallest absolute Gasteiger partial charge is 0.148 e. The molecule has 0 fully saturated rings. The number of nitrogens with zero attached hydrogens (tertiary/aromatic N) is 1. The fourth-order valence-electron chi connectivity index (χ4n) is 1.83. The topological polar surface area (TPSA) is 37.4 Å². The van der Waals surface area contributed by atoms with Crippen molar-refractivity contribution in [1.82, 2.24) is 4.90 Å². The highest BCUT2D eigenvalue weighted by Gasteiger charge is 2.19. The summed E-state index contributed by atoms with van der Waals surface area (Å²) in [5, 5.41) is 0. The molecule has 0 aliphatic carbocycles. The summed E-state index contributed by atoms with van der Waals surface area (Å²) in [6, 6.07) is 4.36. The zero-order chi connectivity index (χ0) is 14.8. The fraction of sp³-hybridized carbons (Fsp3) is 0.714. The largest absolute Gasteiger partial charge is 0.298 e. The van der Waals surface area contributed by atoms with Gasteiger partial charge in [0.15, 0.2) is 0 Å². The third kappa shape index (κ3) is 5.63. The molecular formula is C14H25NO2S2. The van der Waals surface area contributed by atoms with Gasteiger partial charge < -0.3 is 0 Å². The summed E-state index contributed by atoms with van der Waals surface area (Å²) in [5.41, 5.74) is 0.180. The molecule has 0 spiro atoms. The Labute approximate surface area is 121 Å². The van der Waals surface area contributed by atoms with E-state index >= 15 is 0 Å². The van der Waals surface area contributed by atoms with E-state index in [2.05, 4.69) is 37.8 Å². The van der Waals surface area contributed by atoms with Crippen molar-refractivity contribution in [1.29, 1.82) is 0 Å². The Bertz CT molecular complexity index is 512. The van der Waals surface area contributed by atoms with Crippen LogP contribution in [0, 0.1) is 0 Å². The molecule has 0 aliphatic heterocycles. The van der Waals surface area contributed by atoms with Crippen molar-refractivity contribution in [2.24, 2.45) is 0 Å². The number of rotatable bonds is 5. The van der Waals surface area contributed by atoms with Crippen LogP contribution in [0.5, 0.6) is 0 Å². The van der Waals surface area contributed by atoms with Gasteiger partial charge in [0, 0.05) is 28.6 Å². The van der Waals surface area contributed by atoms with Crippen molar-refractivity contribution in [3.05, 3.63) is 21.9 Å². The lowest BCUT2D eigenvalue weighted by Gasteiger charge is -2.23. The quantitative estimate of drug-likeness (QED) is 0.839. The molecule has 1 aromatic rings. The van der Waals surface area contributed by atoms with E-state index in [4.69, 9.17) is 0 Å². The van der Waals surface area contributed by atoms with Crippen molar-refractivity contribution >= 4 is 21.2 Å². The van der Waals surface area contributed by atoms with E-state index in [1.807, 2.05) is 25.3 Å². The van der Waals surface area contributed by atoms with Crippen molar-refractivity contribution in [3.8, 4) is 0 Å². The van der Waals surface area contributed by atoms with Gasteiger partial charge in [-0.25, -0.2) is 8.42 Å². The molecule has 0 amide bonds. The number of thiophene rings is 1. The van der Waals surface area contributed by atoms with E-state index in [1.54, 1.807) is 0 Å². The average Bonchev–Trinajstić information content (AvgIpc) is 2.62. The lowest BCUT2D eigenvalue weighted by atomic mass is 9.95. The number of hydrogen-bond donors (Lipinski definition) is 0. The molecule has 5 heteroatoms. The van der Waals surface area contributed by atoms with Gasteiger partial charge in [0.05, 0.1) is 5.75 Å². The fourth-order valence-corrected chi connectivity index (χ4v) is 4.09. The highest BCUT2D eigenvalue weighted by Crippen LogP contribution is 2.30. The van der Waals surface area contributed by atoms with Gasteiger partial charge in [-0.05, 0) is 31.5 Å². The van der Waals surface area contributed by atoms with Gasteiger partial charge in [0.1, 0.15) is 9.84 Å². The molecule has 0 bridgehead atoms. The van der Waals surface area contributed by atoms with Gasteiger partial charge in [-0.2, -0.15) is 0 Å². The molecule has 19 heavy (non-hydrogen) atoms. The van der Waals surface area contributed by atoms with Crippen LogP contribution in [0.2, 0.25) is 0 Å². The summed E-state index contributed by atoms with van der Waals surface area (Å²) in [5.74, 6) is 0.209. The summed E-state index contributed by atoms with van der Waals surface area (Å²) < 4.78 is 22.6. The number of sulfone groups is 1. The van der Waals surface area contributed by atoms with Crippen LogP contribution in [0.4, 0.5) is 0 Å². The van der Waals surface area contributed by atoms with E-state index in [-0.39, 0.29) is 17.2 Å². The molecule has 0 N–H and O–H groups in total. The van der Waals surface area contributed by atoms with Crippen LogP contribution in [-0.2, 0) is 21.8 Å².